The maximum atomic E-state index is 13.6. The molecule has 3 N–H and O–H groups in total. The van der Waals surface area contributed by atoms with Crippen molar-refractivity contribution in [3.63, 3.8) is 0 Å². The summed E-state index contributed by atoms with van der Waals surface area (Å²) < 4.78 is 45.5. The highest BCUT2D eigenvalue weighted by molar-refractivity contribution is 9.10. The number of pyridine rings is 1. The molecule has 0 saturated heterocycles. The predicted molar refractivity (Wildman–Crippen MR) is 80.1 cm³/mol. The van der Waals surface area contributed by atoms with Crippen LogP contribution in [0.2, 0.25) is 0 Å². The molecule has 9 heteroatoms. The molecule has 0 saturated carbocycles. The first kappa shape index (κ1) is 15.5. The lowest BCUT2D eigenvalue weighted by Crippen LogP contribution is -2.15. The van der Waals surface area contributed by atoms with Gasteiger partial charge in [-0.2, -0.15) is 0 Å². The van der Waals surface area contributed by atoms with Crippen LogP contribution in [-0.2, 0) is 10.0 Å². The minimum Gasteiger partial charge on any atom is -0.494 e. The number of halogens is 2. The average Bonchev–Trinajstić information content (AvgIpc) is 2.41. The second-order valence-corrected chi connectivity index (χ2v) is 6.56. The Hall–Kier alpha value is -1.87. The molecule has 0 aliphatic carbocycles. The summed E-state index contributed by atoms with van der Waals surface area (Å²) in [4.78, 5) is 3.55. The third kappa shape index (κ3) is 3.42. The summed E-state index contributed by atoms with van der Waals surface area (Å²) in [5.74, 6) is -0.820. The zero-order valence-corrected chi connectivity index (χ0v) is 13.2. The third-order valence-electron chi connectivity index (χ3n) is 2.54. The molecule has 112 valence electrons. The van der Waals surface area contributed by atoms with E-state index in [-0.39, 0.29) is 22.2 Å². The van der Waals surface area contributed by atoms with E-state index in [1.165, 1.54) is 31.5 Å². The summed E-state index contributed by atoms with van der Waals surface area (Å²) in [5.41, 5.74) is 5.61. The van der Waals surface area contributed by atoms with E-state index in [4.69, 9.17) is 10.5 Å². The summed E-state index contributed by atoms with van der Waals surface area (Å²) in [6.07, 6.45) is 1.38. The highest BCUT2D eigenvalue weighted by Crippen LogP contribution is 2.25. The number of ether oxygens (including phenoxy) is 1. The van der Waals surface area contributed by atoms with Crippen molar-refractivity contribution < 1.29 is 17.5 Å². The summed E-state index contributed by atoms with van der Waals surface area (Å²) in [7, 11) is -2.66. The molecule has 0 bridgehead atoms. The van der Waals surface area contributed by atoms with Crippen molar-refractivity contribution in [1.82, 2.24) is 4.98 Å². The van der Waals surface area contributed by atoms with Gasteiger partial charge in [0.2, 0.25) is 0 Å². The van der Waals surface area contributed by atoms with E-state index < -0.39 is 15.8 Å². The SMILES string of the molecule is COc1ccc(NS(=O)(=O)c2cc(Br)cnc2N)cc1F. The molecular formula is C12H11BrFN3O3S. The van der Waals surface area contributed by atoms with Crippen molar-refractivity contribution >= 4 is 37.5 Å². The Labute approximate surface area is 129 Å². The molecule has 0 amide bonds. The van der Waals surface area contributed by atoms with E-state index in [2.05, 4.69) is 25.6 Å². The van der Waals surface area contributed by atoms with E-state index in [1.807, 2.05) is 0 Å². The molecule has 2 rings (SSSR count). The van der Waals surface area contributed by atoms with Crippen molar-refractivity contribution in [2.75, 3.05) is 17.6 Å². The maximum absolute atomic E-state index is 13.6. The Morgan fingerprint density at radius 2 is 2.10 bits per heavy atom. The zero-order chi connectivity index (χ0) is 15.6. The van der Waals surface area contributed by atoms with Crippen LogP contribution in [0.4, 0.5) is 15.9 Å². The molecule has 1 aromatic heterocycles. The van der Waals surface area contributed by atoms with Crippen LogP contribution >= 0.6 is 15.9 Å². The Morgan fingerprint density at radius 1 is 1.38 bits per heavy atom. The molecule has 1 aromatic carbocycles. The number of benzene rings is 1. The van der Waals surface area contributed by atoms with Gasteiger partial charge in [0.25, 0.3) is 10.0 Å². The number of rotatable bonds is 4. The molecule has 0 aliphatic rings. The van der Waals surface area contributed by atoms with Gasteiger partial charge >= 0.3 is 0 Å². The first-order valence-corrected chi connectivity index (χ1v) is 7.88. The number of nitrogens with two attached hydrogens (primary N) is 1. The number of anilines is 2. The first-order chi connectivity index (χ1) is 9.83. The normalized spacial score (nSPS) is 11.2. The smallest absolute Gasteiger partial charge is 0.265 e. The molecule has 0 spiro atoms. The van der Waals surface area contributed by atoms with E-state index in [9.17, 15) is 12.8 Å². The monoisotopic (exact) mass is 375 g/mol. The molecular weight excluding hydrogens is 365 g/mol. The number of nitrogens with one attached hydrogen (secondary N) is 1. The van der Waals surface area contributed by atoms with Crippen LogP contribution < -0.4 is 15.2 Å². The molecule has 1 heterocycles. The van der Waals surface area contributed by atoms with Gasteiger partial charge in [-0.15, -0.1) is 0 Å². The lowest BCUT2D eigenvalue weighted by Gasteiger charge is -2.11. The Kier molecular flexibility index (Phi) is 4.33. The maximum Gasteiger partial charge on any atom is 0.265 e. The second-order valence-electron chi connectivity index (χ2n) is 3.99. The van der Waals surface area contributed by atoms with Crippen LogP contribution in [0.25, 0.3) is 0 Å². The molecule has 0 aliphatic heterocycles. The van der Waals surface area contributed by atoms with Gasteiger partial charge in [0.1, 0.15) is 10.7 Å². The molecule has 0 fully saturated rings. The van der Waals surface area contributed by atoms with E-state index in [1.54, 1.807) is 0 Å². The minimum absolute atomic E-state index is 0.0154. The zero-order valence-electron chi connectivity index (χ0n) is 10.8. The van der Waals surface area contributed by atoms with Gasteiger partial charge in [-0.25, -0.2) is 17.8 Å². The van der Waals surface area contributed by atoms with Crippen molar-refractivity contribution in [3.05, 3.63) is 40.8 Å². The van der Waals surface area contributed by atoms with Gasteiger partial charge in [-0.3, -0.25) is 4.72 Å². The molecule has 6 nitrogen and oxygen atoms in total. The molecule has 2 aromatic rings. The third-order valence-corrected chi connectivity index (χ3v) is 4.39. The summed E-state index contributed by atoms with van der Waals surface area (Å²) >= 11 is 3.12. The van der Waals surface area contributed by atoms with Gasteiger partial charge in [0.15, 0.2) is 11.6 Å². The fourth-order valence-corrected chi connectivity index (χ4v) is 3.23. The van der Waals surface area contributed by atoms with Crippen LogP contribution in [-0.4, -0.2) is 20.5 Å². The largest absolute Gasteiger partial charge is 0.494 e. The van der Waals surface area contributed by atoms with Crippen molar-refractivity contribution in [1.29, 1.82) is 0 Å². The van der Waals surface area contributed by atoms with E-state index in [0.29, 0.717) is 4.47 Å². The number of nitrogen functional groups attached to an aromatic ring is 1. The van der Waals surface area contributed by atoms with E-state index in [0.717, 1.165) is 6.07 Å². The molecule has 21 heavy (non-hydrogen) atoms. The van der Waals surface area contributed by atoms with Gasteiger partial charge in [0, 0.05) is 16.7 Å². The summed E-state index contributed by atoms with van der Waals surface area (Å²) in [5, 5.41) is 0. The highest BCUT2D eigenvalue weighted by Gasteiger charge is 2.19. The van der Waals surface area contributed by atoms with Crippen LogP contribution in [0, 0.1) is 5.82 Å². The number of hydrogen-bond donors (Lipinski definition) is 2. The topological polar surface area (TPSA) is 94.3 Å². The highest BCUT2D eigenvalue weighted by atomic mass is 79.9. The first-order valence-electron chi connectivity index (χ1n) is 5.61. The lowest BCUT2D eigenvalue weighted by atomic mass is 10.3. The predicted octanol–water partition coefficient (Wildman–Crippen LogP) is 2.37. The average molecular weight is 376 g/mol. The molecule has 0 atom stereocenters. The van der Waals surface area contributed by atoms with Crippen molar-refractivity contribution in [3.8, 4) is 5.75 Å². The van der Waals surface area contributed by atoms with Gasteiger partial charge in [-0.1, -0.05) is 0 Å². The van der Waals surface area contributed by atoms with Crippen molar-refractivity contribution in [2.24, 2.45) is 0 Å². The second kappa shape index (κ2) is 5.86. The number of methoxy groups -OCH3 is 1. The van der Waals surface area contributed by atoms with Crippen LogP contribution in [0.1, 0.15) is 0 Å². The number of sulfonamides is 1. The fraction of sp³-hybridized carbons (Fsp3) is 0.0833. The number of hydrogen-bond acceptors (Lipinski definition) is 5. The van der Waals surface area contributed by atoms with E-state index >= 15 is 0 Å². The Morgan fingerprint density at radius 3 is 2.71 bits per heavy atom. The summed E-state index contributed by atoms with van der Waals surface area (Å²) in [6.45, 7) is 0. The lowest BCUT2D eigenvalue weighted by molar-refractivity contribution is 0.386. The Bertz CT molecular complexity index is 783. The number of nitrogens with zero attached hydrogens (tertiary/aromatic N) is 1. The van der Waals surface area contributed by atoms with Crippen LogP contribution in [0.5, 0.6) is 5.75 Å². The number of aromatic nitrogens is 1. The van der Waals surface area contributed by atoms with Crippen molar-refractivity contribution in [2.45, 2.75) is 4.90 Å². The standard InChI is InChI=1S/C12H11BrFN3O3S/c1-20-10-3-2-8(5-9(10)14)17-21(18,19)11-4-7(13)6-16-12(11)15/h2-6,17H,1H3,(H2,15,16). The minimum atomic E-state index is -3.98. The van der Waals surface area contributed by atoms with Gasteiger partial charge in [-0.05, 0) is 34.1 Å². The van der Waals surface area contributed by atoms with Crippen LogP contribution in [0.15, 0.2) is 39.8 Å². The summed E-state index contributed by atoms with van der Waals surface area (Å²) in [6, 6.07) is 5.01. The van der Waals surface area contributed by atoms with Gasteiger partial charge in [0.05, 0.1) is 12.8 Å². The quantitative estimate of drug-likeness (QED) is 0.855. The molecule has 0 radical (unpaired) electrons. The Balaban J connectivity index is 2.37. The van der Waals surface area contributed by atoms with Crippen LogP contribution in [0.3, 0.4) is 0 Å². The van der Waals surface area contributed by atoms with Gasteiger partial charge < -0.3 is 10.5 Å². The molecule has 0 unspecified atom stereocenters. The fourth-order valence-electron chi connectivity index (χ4n) is 1.59.